The summed E-state index contributed by atoms with van der Waals surface area (Å²) >= 11 is 6.08. The number of halogens is 1. The predicted octanol–water partition coefficient (Wildman–Crippen LogP) is 4.46. The van der Waals surface area contributed by atoms with Gasteiger partial charge in [0.05, 0.1) is 29.8 Å². The predicted molar refractivity (Wildman–Crippen MR) is 109 cm³/mol. The zero-order valence-corrected chi connectivity index (χ0v) is 17.1. The second kappa shape index (κ2) is 8.61. The number of carbonyl (C=O) groups is 1. The Morgan fingerprint density at radius 3 is 2.82 bits per heavy atom. The molecule has 148 valence electrons. The molecular formula is C21H24ClN3O3. The van der Waals surface area contributed by atoms with Crippen LogP contribution in [0.4, 0.5) is 0 Å². The van der Waals surface area contributed by atoms with Crippen molar-refractivity contribution in [1.29, 1.82) is 0 Å². The molecule has 0 spiro atoms. The van der Waals surface area contributed by atoms with Crippen molar-refractivity contribution in [2.45, 2.75) is 45.7 Å². The number of furan rings is 1. The van der Waals surface area contributed by atoms with Crippen LogP contribution < -0.4 is 5.56 Å². The van der Waals surface area contributed by atoms with Crippen LogP contribution in [-0.4, -0.2) is 20.4 Å². The molecule has 3 rings (SSSR count). The first-order valence-electron chi connectivity index (χ1n) is 9.40. The van der Waals surface area contributed by atoms with Crippen molar-refractivity contribution in [3.63, 3.8) is 0 Å². The number of carbonyl (C=O) groups excluding carboxylic acids is 1. The van der Waals surface area contributed by atoms with Gasteiger partial charge in [0.25, 0.3) is 5.56 Å². The smallest absolute Gasteiger partial charge is 0.261 e. The SMILES string of the molecule is CCCCC(=O)N(Cc1ccco1)C(C)c1nc2cc(Cl)ccc2c(=O)n1C. The Balaban J connectivity index is 2.03. The van der Waals surface area contributed by atoms with Crippen molar-refractivity contribution < 1.29 is 9.21 Å². The van der Waals surface area contributed by atoms with Gasteiger partial charge in [0.2, 0.25) is 5.91 Å². The Kier molecular flexibility index (Phi) is 6.19. The third-order valence-corrected chi connectivity index (χ3v) is 5.12. The van der Waals surface area contributed by atoms with Crippen LogP contribution >= 0.6 is 11.6 Å². The minimum Gasteiger partial charge on any atom is -0.467 e. The van der Waals surface area contributed by atoms with E-state index in [1.54, 1.807) is 42.5 Å². The number of rotatable bonds is 7. The highest BCUT2D eigenvalue weighted by Crippen LogP contribution is 2.24. The Morgan fingerprint density at radius 1 is 1.36 bits per heavy atom. The van der Waals surface area contributed by atoms with Crippen LogP contribution in [0.2, 0.25) is 5.02 Å². The molecule has 0 N–H and O–H groups in total. The van der Waals surface area contributed by atoms with Gasteiger partial charge in [-0.25, -0.2) is 4.98 Å². The van der Waals surface area contributed by atoms with Gasteiger partial charge in [-0.1, -0.05) is 24.9 Å². The lowest BCUT2D eigenvalue weighted by molar-refractivity contribution is -0.134. The van der Waals surface area contributed by atoms with E-state index in [2.05, 4.69) is 4.98 Å². The molecular weight excluding hydrogens is 378 g/mol. The van der Waals surface area contributed by atoms with Crippen LogP contribution in [0.5, 0.6) is 0 Å². The summed E-state index contributed by atoms with van der Waals surface area (Å²) in [4.78, 5) is 32.1. The summed E-state index contributed by atoms with van der Waals surface area (Å²) in [6.07, 6.45) is 3.76. The molecule has 1 aromatic carbocycles. The van der Waals surface area contributed by atoms with Crippen molar-refractivity contribution in [3.8, 4) is 0 Å². The van der Waals surface area contributed by atoms with Crippen LogP contribution in [-0.2, 0) is 18.4 Å². The van der Waals surface area contributed by atoms with Gasteiger partial charge in [-0.2, -0.15) is 0 Å². The molecule has 0 fully saturated rings. The molecule has 1 amide bonds. The topological polar surface area (TPSA) is 68.3 Å². The molecule has 0 saturated carbocycles. The molecule has 7 heteroatoms. The van der Waals surface area contributed by atoms with Gasteiger partial charge in [0, 0.05) is 18.5 Å². The van der Waals surface area contributed by atoms with Gasteiger partial charge in [-0.15, -0.1) is 0 Å². The van der Waals surface area contributed by atoms with Gasteiger partial charge >= 0.3 is 0 Å². The fraction of sp³-hybridized carbons (Fsp3) is 0.381. The molecule has 0 aliphatic heterocycles. The average Bonchev–Trinajstić information content (AvgIpc) is 3.19. The minimum atomic E-state index is -0.407. The highest BCUT2D eigenvalue weighted by Gasteiger charge is 2.26. The summed E-state index contributed by atoms with van der Waals surface area (Å²) in [5.41, 5.74) is 0.360. The average molecular weight is 402 g/mol. The van der Waals surface area contributed by atoms with Gasteiger partial charge in [-0.05, 0) is 43.7 Å². The van der Waals surface area contributed by atoms with E-state index in [1.807, 2.05) is 19.9 Å². The lowest BCUT2D eigenvalue weighted by atomic mass is 10.1. The number of nitrogens with zero attached hydrogens (tertiary/aromatic N) is 3. The summed E-state index contributed by atoms with van der Waals surface area (Å²) in [6.45, 7) is 4.25. The largest absolute Gasteiger partial charge is 0.467 e. The van der Waals surface area contributed by atoms with Gasteiger partial charge in [0.1, 0.15) is 11.6 Å². The third kappa shape index (κ3) is 4.12. The van der Waals surface area contributed by atoms with E-state index in [0.29, 0.717) is 40.5 Å². The van der Waals surface area contributed by atoms with Crippen LogP contribution in [0.15, 0.2) is 45.8 Å². The van der Waals surface area contributed by atoms with E-state index in [1.165, 1.54) is 4.57 Å². The Morgan fingerprint density at radius 2 is 2.14 bits per heavy atom. The summed E-state index contributed by atoms with van der Waals surface area (Å²) < 4.78 is 6.95. The second-order valence-corrected chi connectivity index (χ2v) is 7.31. The van der Waals surface area contributed by atoms with Crippen molar-refractivity contribution in [3.05, 3.63) is 63.6 Å². The van der Waals surface area contributed by atoms with Crippen molar-refractivity contribution >= 4 is 28.4 Å². The number of hydrogen-bond donors (Lipinski definition) is 0. The highest BCUT2D eigenvalue weighted by atomic mass is 35.5. The number of benzene rings is 1. The molecule has 0 aliphatic carbocycles. The van der Waals surface area contributed by atoms with Crippen molar-refractivity contribution in [2.75, 3.05) is 0 Å². The molecule has 1 atom stereocenters. The fourth-order valence-corrected chi connectivity index (χ4v) is 3.42. The summed E-state index contributed by atoms with van der Waals surface area (Å²) in [5, 5.41) is 1.01. The molecule has 0 bridgehead atoms. The number of aromatic nitrogens is 2. The zero-order valence-electron chi connectivity index (χ0n) is 16.3. The molecule has 28 heavy (non-hydrogen) atoms. The number of hydrogen-bond acceptors (Lipinski definition) is 4. The summed E-state index contributed by atoms with van der Waals surface area (Å²) in [7, 11) is 1.68. The first-order chi connectivity index (χ1) is 13.4. The molecule has 3 aromatic rings. The van der Waals surface area contributed by atoms with E-state index in [4.69, 9.17) is 16.0 Å². The Hall–Kier alpha value is -2.60. The van der Waals surface area contributed by atoms with E-state index in [-0.39, 0.29) is 11.5 Å². The van der Waals surface area contributed by atoms with Crippen molar-refractivity contribution in [1.82, 2.24) is 14.5 Å². The fourth-order valence-electron chi connectivity index (χ4n) is 3.26. The number of fused-ring (bicyclic) bond motifs is 1. The maximum Gasteiger partial charge on any atom is 0.261 e. The van der Waals surface area contributed by atoms with E-state index < -0.39 is 6.04 Å². The van der Waals surface area contributed by atoms with Crippen LogP contribution in [0.25, 0.3) is 10.9 Å². The van der Waals surface area contributed by atoms with Crippen LogP contribution in [0.3, 0.4) is 0 Å². The monoisotopic (exact) mass is 401 g/mol. The number of unbranched alkanes of at least 4 members (excludes halogenated alkanes) is 1. The highest BCUT2D eigenvalue weighted by molar-refractivity contribution is 6.31. The van der Waals surface area contributed by atoms with E-state index in [9.17, 15) is 9.59 Å². The zero-order chi connectivity index (χ0) is 20.3. The molecule has 0 saturated heterocycles. The minimum absolute atomic E-state index is 0.00573. The molecule has 2 heterocycles. The molecule has 0 radical (unpaired) electrons. The molecule has 0 aliphatic rings. The lowest BCUT2D eigenvalue weighted by Crippen LogP contribution is -2.36. The summed E-state index contributed by atoms with van der Waals surface area (Å²) in [6, 6.07) is 8.24. The van der Waals surface area contributed by atoms with E-state index >= 15 is 0 Å². The van der Waals surface area contributed by atoms with Crippen LogP contribution in [0.1, 0.15) is 50.7 Å². The quantitative estimate of drug-likeness (QED) is 0.586. The Labute approximate surface area is 168 Å². The van der Waals surface area contributed by atoms with Crippen molar-refractivity contribution in [2.24, 2.45) is 7.05 Å². The number of amides is 1. The normalized spacial score (nSPS) is 12.3. The van der Waals surface area contributed by atoms with E-state index in [0.717, 1.165) is 12.8 Å². The maximum absolute atomic E-state index is 12.9. The first kappa shape index (κ1) is 20.1. The van der Waals surface area contributed by atoms with Crippen LogP contribution in [0, 0.1) is 0 Å². The second-order valence-electron chi connectivity index (χ2n) is 6.88. The van der Waals surface area contributed by atoms with Gasteiger partial charge < -0.3 is 9.32 Å². The van der Waals surface area contributed by atoms with Gasteiger partial charge in [0.15, 0.2) is 0 Å². The standard InChI is InChI=1S/C21H24ClN3O3/c1-4-5-8-19(26)25(13-16-7-6-11-28-16)14(2)20-23-18-12-15(22)9-10-17(18)21(27)24(20)3/h6-7,9-12,14H,4-5,8,13H2,1-3H3. The molecule has 1 unspecified atom stereocenters. The molecule has 6 nitrogen and oxygen atoms in total. The lowest BCUT2D eigenvalue weighted by Gasteiger charge is -2.29. The Bertz CT molecular complexity index is 1030. The molecule has 2 aromatic heterocycles. The first-order valence-corrected chi connectivity index (χ1v) is 9.78. The third-order valence-electron chi connectivity index (χ3n) is 4.89. The maximum atomic E-state index is 12.9. The summed E-state index contributed by atoms with van der Waals surface area (Å²) in [5.74, 6) is 1.20. The van der Waals surface area contributed by atoms with Gasteiger partial charge in [-0.3, -0.25) is 14.2 Å².